The topological polar surface area (TPSA) is 67.2 Å². The highest BCUT2D eigenvalue weighted by atomic mass is 32.1. The molecule has 1 aromatic carbocycles. The van der Waals surface area contributed by atoms with Crippen LogP contribution in [-0.4, -0.2) is 23.5 Å². The van der Waals surface area contributed by atoms with Crippen LogP contribution in [0.3, 0.4) is 0 Å². The average molecular weight is 293 g/mol. The molecule has 0 aromatic heterocycles. The number of benzene rings is 1. The Kier molecular flexibility index (Phi) is 5.95. The van der Waals surface area contributed by atoms with Gasteiger partial charge in [0.1, 0.15) is 11.0 Å². The summed E-state index contributed by atoms with van der Waals surface area (Å²) in [6.07, 6.45) is 0. The van der Waals surface area contributed by atoms with Crippen LogP contribution in [0.25, 0.3) is 0 Å². The second-order valence-electron chi connectivity index (χ2n) is 5.42. The molecule has 4 N–H and O–H groups in total. The molecule has 0 heterocycles. The zero-order chi connectivity index (χ0) is 15.3. The van der Waals surface area contributed by atoms with Crippen LogP contribution < -0.4 is 16.4 Å². The summed E-state index contributed by atoms with van der Waals surface area (Å²) >= 11 is 5.05. The Morgan fingerprint density at radius 2 is 2.00 bits per heavy atom. The van der Waals surface area contributed by atoms with Gasteiger partial charge in [0.15, 0.2) is 0 Å². The minimum Gasteiger partial charge on any atom is -0.389 e. The second-order valence-corrected chi connectivity index (χ2v) is 5.86. The quantitative estimate of drug-likeness (QED) is 0.703. The molecule has 1 amide bonds. The van der Waals surface area contributed by atoms with Crippen molar-refractivity contribution in [2.75, 3.05) is 11.9 Å². The van der Waals surface area contributed by atoms with Crippen molar-refractivity contribution in [1.82, 2.24) is 5.32 Å². The average Bonchev–Trinajstić information content (AvgIpc) is 2.37. The van der Waals surface area contributed by atoms with E-state index in [9.17, 15) is 4.79 Å². The SMILES string of the molecule is Cc1ccc(NC(C)C(=O)NCC(C)C)c(C(N)=S)c1. The first-order valence-corrected chi connectivity index (χ1v) is 7.16. The molecule has 5 heteroatoms. The van der Waals surface area contributed by atoms with Crippen LogP contribution in [0, 0.1) is 12.8 Å². The molecule has 0 spiro atoms. The van der Waals surface area contributed by atoms with Gasteiger partial charge >= 0.3 is 0 Å². The molecule has 1 aromatic rings. The van der Waals surface area contributed by atoms with E-state index in [0.29, 0.717) is 17.5 Å². The van der Waals surface area contributed by atoms with Gasteiger partial charge in [-0.1, -0.05) is 37.7 Å². The van der Waals surface area contributed by atoms with E-state index in [2.05, 4.69) is 24.5 Å². The Morgan fingerprint density at radius 1 is 1.35 bits per heavy atom. The fourth-order valence-electron chi connectivity index (χ4n) is 1.74. The lowest BCUT2D eigenvalue weighted by Gasteiger charge is -2.18. The van der Waals surface area contributed by atoms with Crippen LogP contribution in [0.4, 0.5) is 5.69 Å². The number of carbonyl (C=O) groups is 1. The van der Waals surface area contributed by atoms with E-state index in [-0.39, 0.29) is 11.9 Å². The Balaban J connectivity index is 2.77. The molecular formula is C15H23N3OS. The van der Waals surface area contributed by atoms with Crippen molar-refractivity contribution in [3.63, 3.8) is 0 Å². The minimum atomic E-state index is -0.343. The number of amides is 1. The number of nitrogens with one attached hydrogen (secondary N) is 2. The zero-order valence-corrected chi connectivity index (χ0v) is 13.3. The molecular weight excluding hydrogens is 270 g/mol. The predicted octanol–water partition coefficient (Wildman–Crippen LogP) is 2.20. The summed E-state index contributed by atoms with van der Waals surface area (Å²) in [6, 6.07) is 5.44. The monoisotopic (exact) mass is 293 g/mol. The van der Waals surface area contributed by atoms with E-state index >= 15 is 0 Å². The number of rotatable bonds is 6. The van der Waals surface area contributed by atoms with Crippen molar-refractivity contribution in [3.05, 3.63) is 29.3 Å². The molecule has 0 aliphatic rings. The van der Waals surface area contributed by atoms with Gasteiger partial charge in [-0.3, -0.25) is 4.79 Å². The van der Waals surface area contributed by atoms with Crippen molar-refractivity contribution >= 4 is 28.8 Å². The molecule has 0 aliphatic carbocycles. The molecule has 20 heavy (non-hydrogen) atoms. The van der Waals surface area contributed by atoms with Crippen LogP contribution in [0.1, 0.15) is 31.9 Å². The molecule has 0 saturated heterocycles. The van der Waals surface area contributed by atoms with E-state index in [0.717, 1.165) is 16.8 Å². The number of aryl methyl sites for hydroxylation is 1. The van der Waals surface area contributed by atoms with Crippen LogP contribution in [0.5, 0.6) is 0 Å². The Labute approximate surface area is 126 Å². The van der Waals surface area contributed by atoms with Gasteiger partial charge in [0.05, 0.1) is 0 Å². The third-order valence-electron chi connectivity index (χ3n) is 2.89. The van der Waals surface area contributed by atoms with Gasteiger partial charge in [-0.05, 0) is 31.9 Å². The highest BCUT2D eigenvalue weighted by Gasteiger charge is 2.15. The van der Waals surface area contributed by atoms with Crippen LogP contribution in [0.15, 0.2) is 18.2 Å². The summed E-state index contributed by atoms with van der Waals surface area (Å²) in [4.78, 5) is 12.3. The first-order chi connectivity index (χ1) is 9.31. The van der Waals surface area contributed by atoms with Crippen molar-refractivity contribution in [1.29, 1.82) is 0 Å². The van der Waals surface area contributed by atoms with E-state index in [1.165, 1.54) is 0 Å². The maximum absolute atomic E-state index is 12.0. The highest BCUT2D eigenvalue weighted by Crippen LogP contribution is 2.18. The number of thiocarbonyl (C=S) groups is 1. The maximum Gasteiger partial charge on any atom is 0.242 e. The van der Waals surface area contributed by atoms with Gasteiger partial charge in [-0.2, -0.15) is 0 Å². The lowest BCUT2D eigenvalue weighted by Crippen LogP contribution is -2.39. The molecule has 110 valence electrons. The van der Waals surface area contributed by atoms with Crippen molar-refractivity contribution < 1.29 is 4.79 Å². The first-order valence-electron chi connectivity index (χ1n) is 6.76. The molecule has 1 atom stereocenters. The number of anilines is 1. The predicted molar refractivity (Wildman–Crippen MR) is 88.0 cm³/mol. The van der Waals surface area contributed by atoms with Crippen LogP contribution in [0.2, 0.25) is 0 Å². The lowest BCUT2D eigenvalue weighted by molar-refractivity contribution is -0.121. The highest BCUT2D eigenvalue weighted by molar-refractivity contribution is 7.80. The normalized spacial score (nSPS) is 12.1. The largest absolute Gasteiger partial charge is 0.389 e. The molecule has 0 fully saturated rings. The Bertz CT molecular complexity index is 500. The molecule has 1 rings (SSSR count). The van der Waals surface area contributed by atoms with Gasteiger partial charge in [-0.15, -0.1) is 0 Å². The fraction of sp³-hybridized carbons (Fsp3) is 0.467. The van der Waals surface area contributed by atoms with Crippen molar-refractivity contribution in [2.24, 2.45) is 11.7 Å². The van der Waals surface area contributed by atoms with Crippen LogP contribution >= 0.6 is 12.2 Å². The number of carbonyl (C=O) groups excluding carboxylic acids is 1. The molecule has 0 saturated carbocycles. The smallest absolute Gasteiger partial charge is 0.242 e. The molecule has 0 radical (unpaired) electrons. The minimum absolute atomic E-state index is 0.0341. The standard InChI is InChI=1S/C15H23N3OS/c1-9(2)8-17-15(19)11(4)18-13-6-5-10(3)7-12(13)14(16)20/h5-7,9,11,18H,8H2,1-4H3,(H2,16,20)(H,17,19). The van der Waals surface area contributed by atoms with Crippen LogP contribution in [-0.2, 0) is 4.79 Å². The zero-order valence-electron chi connectivity index (χ0n) is 12.5. The molecule has 0 bridgehead atoms. The van der Waals surface area contributed by atoms with E-state index < -0.39 is 0 Å². The van der Waals surface area contributed by atoms with Gasteiger partial charge < -0.3 is 16.4 Å². The van der Waals surface area contributed by atoms with E-state index in [4.69, 9.17) is 18.0 Å². The summed E-state index contributed by atoms with van der Waals surface area (Å²) in [5.74, 6) is 0.394. The Morgan fingerprint density at radius 3 is 2.55 bits per heavy atom. The van der Waals surface area contributed by atoms with E-state index in [1.54, 1.807) is 0 Å². The lowest BCUT2D eigenvalue weighted by atomic mass is 10.1. The molecule has 1 unspecified atom stereocenters. The van der Waals surface area contributed by atoms with Gasteiger partial charge in [-0.25, -0.2) is 0 Å². The maximum atomic E-state index is 12.0. The van der Waals surface area contributed by atoms with Crippen molar-refractivity contribution in [2.45, 2.75) is 33.7 Å². The second kappa shape index (κ2) is 7.24. The van der Waals surface area contributed by atoms with Crippen molar-refractivity contribution in [3.8, 4) is 0 Å². The van der Waals surface area contributed by atoms with Gasteiger partial charge in [0, 0.05) is 17.8 Å². The summed E-state index contributed by atoms with van der Waals surface area (Å²) in [5, 5.41) is 6.06. The number of hydrogen-bond donors (Lipinski definition) is 3. The number of nitrogens with two attached hydrogens (primary N) is 1. The van der Waals surface area contributed by atoms with Gasteiger partial charge in [0.25, 0.3) is 0 Å². The third kappa shape index (κ3) is 4.81. The summed E-state index contributed by atoms with van der Waals surface area (Å²) < 4.78 is 0. The summed E-state index contributed by atoms with van der Waals surface area (Å²) in [7, 11) is 0. The molecule has 4 nitrogen and oxygen atoms in total. The summed E-state index contributed by atoms with van der Waals surface area (Å²) in [5.41, 5.74) is 8.36. The molecule has 0 aliphatic heterocycles. The van der Waals surface area contributed by atoms with E-state index in [1.807, 2.05) is 32.0 Å². The number of hydrogen-bond acceptors (Lipinski definition) is 3. The first kappa shape index (κ1) is 16.4. The Hall–Kier alpha value is -1.62. The van der Waals surface area contributed by atoms with Gasteiger partial charge in [0.2, 0.25) is 5.91 Å². The summed E-state index contributed by atoms with van der Waals surface area (Å²) in [6.45, 7) is 8.58. The third-order valence-corrected chi connectivity index (χ3v) is 3.11. The fourth-order valence-corrected chi connectivity index (χ4v) is 1.91.